The van der Waals surface area contributed by atoms with E-state index in [1.807, 2.05) is 18.2 Å². The van der Waals surface area contributed by atoms with E-state index in [9.17, 15) is 0 Å². The Kier molecular flexibility index (Phi) is 4.08. The summed E-state index contributed by atoms with van der Waals surface area (Å²) in [6.45, 7) is 3.21. The number of hydrogen-bond acceptors (Lipinski definition) is 4. The molecular weight excluding hydrogens is 242 g/mol. The monoisotopic (exact) mass is 263 g/mol. The minimum absolute atomic E-state index is 0.338. The number of nitrogens with one attached hydrogen (secondary N) is 1. The smallest absolute Gasteiger partial charge is 0.163 e. The highest BCUT2D eigenvalue weighted by molar-refractivity contribution is 5.55. The Labute approximate surface area is 114 Å². The van der Waals surface area contributed by atoms with Gasteiger partial charge < -0.3 is 19.5 Å². The third-order valence-corrected chi connectivity index (χ3v) is 3.56. The second-order valence-corrected chi connectivity index (χ2v) is 5.08. The molecule has 0 spiro atoms. The molecule has 2 heterocycles. The van der Waals surface area contributed by atoms with E-state index in [-0.39, 0.29) is 0 Å². The Bertz CT molecular complexity index is 416. The van der Waals surface area contributed by atoms with E-state index in [0.717, 1.165) is 56.4 Å². The number of fused-ring (bicyclic) bond motifs is 1. The Balaban J connectivity index is 1.60. The van der Waals surface area contributed by atoms with E-state index >= 15 is 0 Å². The first-order chi connectivity index (χ1) is 9.42. The van der Waals surface area contributed by atoms with Crippen LogP contribution in [-0.2, 0) is 4.74 Å². The van der Waals surface area contributed by atoms with E-state index in [0.29, 0.717) is 6.10 Å². The van der Waals surface area contributed by atoms with Gasteiger partial charge in [0.15, 0.2) is 11.5 Å². The Hall–Kier alpha value is -1.42. The number of ether oxygens (including phenoxy) is 3. The van der Waals surface area contributed by atoms with Gasteiger partial charge in [-0.1, -0.05) is 0 Å². The molecule has 2 aliphatic rings. The average molecular weight is 263 g/mol. The van der Waals surface area contributed by atoms with Crippen molar-refractivity contribution in [2.75, 3.05) is 31.7 Å². The summed E-state index contributed by atoms with van der Waals surface area (Å²) < 4.78 is 17.0. The quantitative estimate of drug-likeness (QED) is 0.910. The van der Waals surface area contributed by atoms with E-state index in [4.69, 9.17) is 14.2 Å². The van der Waals surface area contributed by atoms with Gasteiger partial charge in [0.25, 0.3) is 0 Å². The maximum atomic E-state index is 5.71. The van der Waals surface area contributed by atoms with Crippen LogP contribution in [0.5, 0.6) is 11.5 Å². The molecular formula is C15H21NO3. The van der Waals surface area contributed by atoms with Crippen molar-refractivity contribution in [3.63, 3.8) is 0 Å². The lowest BCUT2D eigenvalue weighted by Gasteiger charge is -2.23. The summed E-state index contributed by atoms with van der Waals surface area (Å²) >= 11 is 0. The zero-order valence-electron chi connectivity index (χ0n) is 11.2. The van der Waals surface area contributed by atoms with Crippen molar-refractivity contribution in [1.29, 1.82) is 0 Å². The molecule has 0 amide bonds. The van der Waals surface area contributed by atoms with Gasteiger partial charge in [0, 0.05) is 31.3 Å². The van der Waals surface area contributed by atoms with Gasteiger partial charge in [0.05, 0.1) is 19.3 Å². The Morgan fingerprint density at radius 2 is 1.89 bits per heavy atom. The normalized spacial score (nSPS) is 22.6. The van der Waals surface area contributed by atoms with Crippen LogP contribution < -0.4 is 14.8 Å². The second-order valence-electron chi connectivity index (χ2n) is 5.08. The topological polar surface area (TPSA) is 39.7 Å². The number of hydrogen-bond donors (Lipinski definition) is 1. The lowest BCUT2D eigenvalue weighted by atomic mass is 10.1. The number of benzene rings is 1. The van der Waals surface area contributed by atoms with Crippen LogP contribution in [0.2, 0.25) is 0 Å². The van der Waals surface area contributed by atoms with Crippen LogP contribution >= 0.6 is 0 Å². The van der Waals surface area contributed by atoms with Gasteiger partial charge in [-0.15, -0.1) is 0 Å². The molecule has 4 nitrogen and oxygen atoms in total. The van der Waals surface area contributed by atoms with E-state index < -0.39 is 0 Å². The molecule has 0 saturated carbocycles. The zero-order chi connectivity index (χ0) is 12.9. The molecule has 19 heavy (non-hydrogen) atoms. The lowest BCUT2D eigenvalue weighted by Crippen LogP contribution is -2.26. The van der Waals surface area contributed by atoms with Crippen molar-refractivity contribution in [3.05, 3.63) is 18.2 Å². The summed E-state index contributed by atoms with van der Waals surface area (Å²) in [4.78, 5) is 0. The molecule has 1 fully saturated rings. The molecule has 104 valence electrons. The predicted octanol–water partition coefficient (Wildman–Crippen LogP) is 2.83. The van der Waals surface area contributed by atoms with E-state index in [2.05, 4.69) is 5.32 Å². The van der Waals surface area contributed by atoms with Crippen molar-refractivity contribution >= 4 is 5.69 Å². The van der Waals surface area contributed by atoms with Gasteiger partial charge >= 0.3 is 0 Å². The number of anilines is 1. The van der Waals surface area contributed by atoms with Gasteiger partial charge in [-0.2, -0.15) is 0 Å². The van der Waals surface area contributed by atoms with Gasteiger partial charge in [-0.25, -0.2) is 0 Å². The molecule has 1 aromatic carbocycles. The third kappa shape index (κ3) is 3.32. The fourth-order valence-electron chi connectivity index (χ4n) is 2.47. The molecule has 3 rings (SSSR count). The first kappa shape index (κ1) is 12.6. The molecule has 0 aliphatic carbocycles. The van der Waals surface area contributed by atoms with Crippen molar-refractivity contribution in [3.8, 4) is 11.5 Å². The fourth-order valence-corrected chi connectivity index (χ4v) is 2.47. The molecule has 1 unspecified atom stereocenters. The standard InChI is InChI=1S/C15H21NO3/c1-2-7-17-13(4-1)11-16-12-5-6-14-15(10-12)19-9-3-8-18-14/h5-6,10,13,16H,1-4,7-9,11H2. The highest BCUT2D eigenvalue weighted by Gasteiger charge is 2.14. The summed E-state index contributed by atoms with van der Waals surface area (Å²) in [5, 5.41) is 3.42. The summed E-state index contributed by atoms with van der Waals surface area (Å²) in [6, 6.07) is 6.03. The van der Waals surface area contributed by atoms with Crippen molar-refractivity contribution in [2.45, 2.75) is 31.8 Å². The molecule has 0 aromatic heterocycles. The number of rotatable bonds is 3. The van der Waals surface area contributed by atoms with Gasteiger partial charge in [-0.3, -0.25) is 0 Å². The Morgan fingerprint density at radius 1 is 1.00 bits per heavy atom. The minimum Gasteiger partial charge on any atom is -0.490 e. The SMILES string of the molecule is c1cc2c(cc1NCC1CCCCO1)OCCCO2. The van der Waals surface area contributed by atoms with Gasteiger partial charge in [0.1, 0.15) is 0 Å². The highest BCUT2D eigenvalue weighted by atomic mass is 16.5. The first-order valence-corrected chi connectivity index (χ1v) is 7.17. The van der Waals surface area contributed by atoms with Crippen LogP contribution in [0.1, 0.15) is 25.7 Å². The maximum Gasteiger partial charge on any atom is 0.163 e. The molecule has 1 saturated heterocycles. The van der Waals surface area contributed by atoms with Crippen LogP contribution in [0.25, 0.3) is 0 Å². The van der Waals surface area contributed by atoms with Gasteiger partial charge in [0.2, 0.25) is 0 Å². The molecule has 1 N–H and O–H groups in total. The van der Waals surface area contributed by atoms with Crippen LogP contribution in [0.3, 0.4) is 0 Å². The van der Waals surface area contributed by atoms with Crippen LogP contribution in [0, 0.1) is 0 Å². The molecule has 0 radical (unpaired) electrons. The minimum atomic E-state index is 0.338. The van der Waals surface area contributed by atoms with Crippen molar-refractivity contribution in [1.82, 2.24) is 0 Å². The lowest BCUT2D eigenvalue weighted by molar-refractivity contribution is 0.0247. The van der Waals surface area contributed by atoms with E-state index in [1.165, 1.54) is 12.8 Å². The molecule has 2 aliphatic heterocycles. The predicted molar refractivity (Wildman–Crippen MR) is 74.1 cm³/mol. The molecule has 0 bridgehead atoms. The van der Waals surface area contributed by atoms with E-state index in [1.54, 1.807) is 0 Å². The zero-order valence-corrected chi connectivity index (χ0v) is 11.2. The molecule has 1 atom stereocenters. The van der Waals surface area contributed by atoms with Crippen LogP contribution in [0.4, 0.5) is 5.69 Å². The van der Waals surface area contributed by atoms with Crippen molar-refractivity contribution in [2.24, 2.45) is 0 Å². The second kappa shape index (κ2) is 6.15. The summed E-state index contributed by atoms with van der Waals surface area (Å²) in [6.07, 6.45) is 4.89. The van der Waals surface area contributed by atoms with Crippen LogP contribution in [0.15, 0.2) is 18.2 Å². The largest absolute Gasteiger partial charge is 0.490 e. The van der Waals surface area contributed by atoms with Gasteiger partial charge in [-0.05, 0) is 31.4 Å². The Morgan fingerprint density at radius 3 is 2.74 bits per heavy atom. The summed E-state index contributed by atoms with van der Waals surface area (Å²) in [5.74, 6) is 1.68. The van der Waals surface area contributed by atoms with Crippen LogP contribution in [-0.4, -0.2) is 32.5 Å². The maximum absolute atomic E-state index is 5.71. The highest BCUT2D eigenvalue weighted by Crippen LogP contribution is 2.32. The first-order valence-electron chi connectivity index (χ1n) is 7.17. The fraction of sp³-hybridized carbons (Fsp3) is 0.600. The average Bonchev–Trinajstić information content (AvgIpc) is 2.71. The third-order valence-electron chi connectivity index (χ3n) is 3.56. The summed E-state index contributed by atoms with van der Waals surface area (Å²) in [7, 11) is 0. The molecule has 4 heteroatoms. The molecule has 1 aromatic rings. The van der Waals surface area contributed by atoms with Crippen molar-refractivity contribution < 1.29 is 14.2 Å². The summed E-state index contributed by atoms with van der Waals surface area (Å²) in [5.41, 5.74) is 1.07.